The fourth-order valence-electron chi connectivity index (χ4n) is 0.797. The first-order chi connectivity index (χ1) is 3.43. The molecule has 2 heteroatoms. The Morgan fingerprint density at radius 1 is 1.62 bits per heavy atom. The van der Waals surface area contributed by atoms with E-state index in [9.17, 15) is 0 Å². The molecule has 0 aliphatic carbocycles. The number of rotatable bonds is 0. The van der Waals surface area contributed by atoms with E-state index >= 15 is 0 Å². The molecule has 1 rings (SSSR count). The molecule has 1 aliphatic rings. The van der Waals surface area contributed by atoms with E-state index in [1.165, 1.54) is 0 Å². The van der Waals surface area contributed by atoms with E-state index < -0.39 is 0 Å². The molecular formula is C6H10ClN. The van der Waals surface area contributed by atoms with Crippen molar-refractivity contribution in [1.29, 1.82) is 0 Å². The molecule has 1 atom stereocenters. The van der Waals surface area contributed by atoms with Crippen molar-refractivity contribution in [2.24, 2.45) is 5.92 Å². The minimum Gasteiger partial charge on any atom is -0.315 e. The van der Waals surface area contributed by atoms with Crippen molar-refractivity contribution < 1.29 is 0 Å². The minimum atomic E-state index is 0. The summed E-state index contributed by atoms with van der Waals surface area (Å²) in [5.41, 5.74) is 0. The molecule has 0 amide bonds. The molecule has 0 aromatic heterocycles. The fourth-order valence-corrected chi connectivity index (χ4v) is 0.797. The van der Waals surface area contributed by atoms with Crippen molar-refractivity contribution in [3.63, 3.8) is 0 Å². The fraction of sp³-hybridized carbons (Fsp3) is 0.667. The van der Waals surface area contributed by atoms with E-state index in [1.807, 2.05) is 0 Å². The third kappa shape index (κ3) is 1.73. The number of nitrogens with one attached hydrogen (secondary N) is 1. The second-order valence-corrected chi connectivity index (χ2v) is 1.86. The molecule has 1 nitrogen and oxygen atoms in total. The van der Waals surface area contributed by atoms with Gasteiger partial charge in [-0.25, -0.2) is 0 Å². The van der Waals surface area contributed by atoms with E-state index in [4.69, 9.17) is 6.42 Å². The van der Waals surface area contributed by atoms with Gasteiger partial charge in [0, 0.05) is 12.5 Å². The highest BCUT2D eigenvalue weighted by Gasteiger charge is 2.09. The molecule has 8 heavy (non-hydrogen) atoms. The summed E-state index contributed by atoms with van der Waals surface area (Å²) in [5.74, 6) is 3.22. The van der Waals surface area contributed by atoms with Crippen molar-refractivity contribution in [2.45, 2.75) is 6.42 Å². The Morgan fingerprint density at radius 3 is 2.62 bits per heavy atom. The summed E-state index contributed by atoms with van der Waals surface area (Å²) in [4.78, 5) is 0. The summed E-state index contributed by atoms with van der Waals surface area (Å²) >= 11 is 0. The third-order valence-corrected chi connectivity index (χ3v) is 1.30. The van der Waals surface area contributed by atoms with Gasteiger partial charge < -0.3 is 5.32 Å². The first-order valence-corrected chi connectivity index (χ1v) is 2.60. The molecule has 1 N–H and O–H groups in total. The molecule has 0 aromatic carbocycles. The predicted octanol–water partition coefficient (Wildman–Crippen LogP) is 0.651. The Balaban J connectivity index is 0.000000490. The highest BCUT2D eigenvalue weighted by Crippen LogP contribution is 2.03. The van der Waals surface area contributed by atoms with Gasteiger partial charge in [-0.05, 0) is 13.0 Å². The molecule has 1 heterocycles. The van der Waals surface area contributed by atoms with Gasteiger partial charge >= 0.3 is 0 Å². The molecule has 1 aliphatic heterocycles. The Hall–Kier alpha value is -0.190. The van der Waals surface area contributed by atoms with Crippen LogP contribution in [0.5, 0.6) is 0 Å². The third-order valence-electron chi connectivity index (χ3n) is 1.30. The summed E-state index contributed by atoms with van der Waals surface area (Å²) in [6, 6.07) is 0. The van der Waals surface area contributed by atoms with Gasteiger partial charge in [-0.2, -0.15) is 0 Å². The van der Waals surface area contributed by atoms with Crippen LogP contribution in [-0.4, -0.2) is 13.1 Å². The maximum absolute atomic E-state index is 5.14. The van der Waals surface area contributed by atoms with E-state index in [-0.39, 0.29) is 12.4 Å². The van der Waals surface area contributed by atoms with Crippen LogP contribution in [-0.2, 0) is 0 Å². The summed E-state index contributed by atoms with van der Waals surface area (Å²) in [7, 11) is 0. The molecule has 0 unspecified atom stereocenters. The molecule has 1 fully saturated rings. The molecule has 46 valence electrons. The van der Waals surface area contributed by atoms with Gasteiger partial charge in [-0.1, -0.05) is 0 Å². The molecule has 0 saturated carbocycles. The lowest BCUT2D eigenvalue weighted by atomic mass is 10.1. The zero-order valence-electron chi connectivity index (χ0n) is 4.68. The lowest BCUT2D eigenvalue weighted by Crippen LogP contribution is -2.07. The van der Waals surface area contributed by atoms with Gasteiger partial charge in [-0.15, -0.1) is 24.8 Å². The van der Waals surface area contributed by atoms with Crippen LogP contribution in [0.25, 0.3) is 0 Å². The number of hydrogen-bond acceptors (Lipinski definition) is 1. The summed E-state index contributed by atoms with van der Waals surface area (Å²) in [6.07, 6.45) is 6.31. The Kier molecular flexibility index (Phi) is 3.68. The van der Waals surface area contributed by atoms with Crippen LogP contribution in [0, 0.1) is 18.3 Å². The molecule has 0 radical (unpaired) electrons. The summed E-state index contributed by atoms with van der Waals surface area (Å²) in [6.45, 7) is 2.13. The molecule has 0 spiro atoms. The number of terminal acetylenes is 1. The van der Waals surface area contributed by atoms with Gasteiger partial charge in [0.1, 0.15) is 0 Å². The largest absolute Gasteiger partial charge is 0.315 e. The molecule has 1 saturated heterocycles. The van der Waals surface area contributed by atoms with Gasteiger partial charge in [0.15, 0.2) is 0 Å². The highest BCUT2D eigenvalue weighted by atomic mass is 35.5. The Bertz CT molecular complexity index is 89.2. The number of hydrogen-bond donors (Lipinski definition) is 1. The SMILES string of the molecule is C#C[C@H]1CCNC1.Cl. The maximum atomic E-state index is 5.14. The van der Waals surface area contributed by atoms with Crippen molar-refractivity contribution in [3.8, 4) is 12.3 Å². The predicted molar refractivity (Wildman–Crippen MR) is 37.1 cm³/mol. The zero-order valence-corrected chi connectivity index (χ0v) is 5.50. The van der Waals surface area contributed by atoms with Crippen molar-refractivity contribution in [3.05, 3.63) is 0 Å². The monoisotopic (exact) mass is 131 g/mol. The van der Waals surface area contributed by atoms with E-state index in [1.54, 1.807) is 0 Å². The molecule has 0 bridgehead atoms. The van der Waals surface area contributed by atoms with Gasteiger partial charge in [0.25, 0.3) is 0 Å². The Labute approximate surface area is 56.3 Å². The Morgan fingerprint density at radius 2 is 2.38 bits per heavy atom. The van der Waals surface area contributed by atoms with Crippen LogP contribution in [0.4, 0.5) is 0 Å². The number of halogens is 1. The minimum absolute atomic E-state index is 0. The zero-order chi connectivity index (χ0) is 5.11. The lowest BCUT2D eigenvalue weighted by Gasteiger charge is -1.90. The van der Waals surface area contributed by atoms with Crippen LogP contribution in [0.2, 0.25) is 0 Å². The van der Waals surface area contributed by atoms with E-state index in [2.05, 4.69) is 11.2 Å². The lowest BCUT2D eigenvalue weighted by molar-refractivity contribution is 0.756. The van der Waals surface area contributed by atoms with Gasteiger partial charge in [-0.3, -0.25) is 0 Å². The smallest absolute Gasteiger partial charge is 0.0337 e. The van der Waals surface area contributed by atoms with Crippen molar-refractivity contribution in [1.82, 2.24) is 5.32 Å². The first-order valence-electron chi connectivity index (χ1n) is 2.60. The van der Waals surface area contributed by atoms with Crippen LogP contribution >= 0.6 is 12.4 Å². The average molecular weight is 132 g/mol. The second kappa shape index (κ2) is 3.77. The van der Waals surface area contributed by atoms with Crippen molar-refractivity contribution in [2.75, 3.05) is 13.1 Å². The summed E-state index contributed by atoms with van der Waals surface area (Å²) in [5, 5.41) is 3.18. The second-order valence-electron chi connectivity index (χ2n) is 1.86. The van der Waals surface area contributed by atoms with E-state index in [0.29, 0.717) is 5.92 Å². The maximum Gasteiger partial charge on any atom is 0.0337 e. The summed E-state index contributed by atoms with van der Waals surface area (Å²) < 4.78 is 0. The van der Waals surface area contributed by atoms with Crippen LogP contribution in [0.15, 0.2) is 0 Å². The van der Waals surface area contributed by atoms with Crippen molar-refractivity contribution >= 4 is 12.4 Å². The topological polar surface area (TPSA) is 12.0 Å². The quantitative estimate of drug-likeness (QED) is 0.476. The van der Waals surface area contributed by atoms with Crippen LogP contribution < -0.4 is 5.32 Å². The average Bonchev–Trinajstić information content (AvgIpc) is 2.14. The normalized spacial score (nSPS) is 26.1. The molecule has 0 aromatic rings. The van der Waals surface area contributed by atoms with E-state index in [0.717, 1.165) is 19.5 Å². The first kappa shape index (κ1) is 7.81. The molecular weight excluding hydrogens is 122 g/mol. The van der Waals surface area contributed by atoms with Gasteiger partial charge in [0.05, 0.1) is 0 Å². The van der Waals surface area contributed by atoms with Crippen LogP contribution in [0.3, 0.4) is 0 Å². The van der Waals surface area contributed by atoms with Gasteiger partial charge in [0.2, 0.25) is 0 Å². The standard InChI is InChI=1S/C6H9N.ClH/c1-2-6-3-4-7-5-6;/h1,6-7H,3-5H2;1H/t6-;/m0./s1. The highest BCUT2D eigenvalue weighted by molar-refractivity contribution is 5.85. The van der Waals surface area contributed by atoms with Crippen LogP contribution in [0.1, 0.15) is 6.42 Å².